The third kappa shape index (κ3) is 5.99. The van der Waals surface area contributed by atoms with Crippen molar-refractivity contribution in [3.63, 3.8) is 0 Å². The Labute approximate surface area is 218 Å². The predicted molar refractivity (Wildman–Crippen MR) is 141 cm³/mol. The molecule has 0 bridgehead atoms. The number of hydrogen-bond acceptors (Lipinski definition) is 8. The van der Waals surface area contributed by atoms with E-state index in [2.05, 4.69) is 6.92 Å². The number of ketones is 1. The molecular formula is C28H36N2O7. The monoisotopic (exact) mass is 512 g/mol. The summed E-state index contributed by atoms with van der Waals surface area (Å²) in [6.07, 6.45) is 1.89. The van der Waals surface area contributed by atoms with Crippen molar-refractivity contribution >= 4 is 17.4 Å². The number of hydrogen-bond donors (Lipinski definition) is 1. The number of benzene rings is 2. The first kappa shape index (κ1) is 27.9. The van der Waals surface area contributed by atoms with Crippen LogP contribution in [0, 0.1) is 0 Å². The van der Waals surface area contributed by atoms with Crippen molar-refractivity contribution in [2.24, 2.45) is 0 Å². The molecule has 0 spiro atoms. The van der Waals surface area contributed by atoms with Gasteiger partial charge in [-0.1, -0.05) is 25.5 Å². The van der Waals surface area contributed by atoms with Gasteiger partial charge in [0, 0.05) is 18.7 Å². The molecule has 200 valence electrons. The van der Waals surface area contributed by atoms with Crippen LogP contribution in [-0.2, 0) is 9.59 Å². The first-order valence-corrected chi connectivity index (χ1v) is 12.2. The molecule has 0 radical (unpaired) electrons. The zero-order valence-electron chi connectivity index (χ0n) is 22.4. The van der Waals surface area contributed by atoms with E-state index in [0.717, 1.165) is 12.8 Å². The number of aliphatic hydroxyl groups is 1. The van der Waals surface area contributed by atoms with Gasteiger partial charge in [0.2, 0.25) is 5.75 Å². The van der Waals surface area contributed by atoms with E-state index in [1.165, 1.54) is 26.2 Å². The lowest BCUT2D eigenvalue weighted by Gasteiger charge is -2.27. The number of amides is 1. The van der Waals surface area contributed by atoms with E-state index in [9.17, 15) is 14.7 Å². The van der Waals surface area contributed by atoms with Crippen LogP contribution in [0.25, 0.3) is 5.76 Å². The molecule has 37 heavy (non-hydrogen) atoms. The molecule has 1 fully saturated rings. The van der Waals surface area contributed by atoms with E-state index in [1.54, 1.807) is 36.4 Å². The standard InChI is InChI=1S/C28H36N2O7/c1-7-8-14-37-20-11-9-10-18(15-20)25(31)23-24(30(13-12-29(2)3)28(33)26(23)32)19-16-21(34-4)27(36-6)22(17-19)35-5/h9-11,15-17,24,31H,7-8,12-14H2,1-6H3/b25-23+. The molecule has 0 saturated carbocycles. The molecule has 9 nitrogen and oxygen atoms in total. The summed E-state index contributed by atoms with van der Waals surface area (Å²) < 4.78 is 22.2. The van der Waals surface area contributed by atoms with Gasteiger partial charge in [-0.15, -0.1) is 0 Å². The van der Waals surface area contributed by atoms with Crippen LogP contribution < -0.4 is 18.9 Å². The molecule has 0 aliphatic carbocycles. The van der Waals surface area contributed by atoms with Gasteiger partial charge in [-0.2, -0.15) is 0 Å². The SMILES string of the molecule is CCCCOc1cccc(/C(O)=C2\C(=O)C(=O)N(CCN(C)C)C2c2cc(OC)c(OC)c(OC)c2)c1. The number of ether oxygens (including phenoxy) is 4. The van der Waals surface area contributed by atoms with E-state index in [0.29, 0.717) is 47.3 Å². The van der Waals surface area contributed by atoms with E-state index < -0.39 is 17.7 Å². The highest BCUT2D eigenvalue weighted by Gasteiger charge is 2.46. The second-order valence-electron chi connectivity index (χ2n) is 8.98. The molecule has 1 aliphatic rings. The first-order chi connectivity index (χ1) is 17.8. The number of nitrogens with zero attached hydrogens (tertiary/aromatic N) is 2. The summed E-state index contributed by atoms with van der Waals surface area (Å²) in [5.74, 6) is -0.00228. The van der Waals surface area contributed by atoms with Crippen LogP contribution in [0.1, 0.15) is 36.9 Å². The smallest absolute Gasteiger partial charge is 0.295 e. The van der Waals surface area contributed by atoms with Gasteiger partial charge < -0.3 is 33.9 Å². The molecule has 9 heteroatoms. The topological polar surface area (TPSA) is 97.8 Å². The fourth-order valence-electron chi connectivity index (χ4n) is 4.25. The highest BCUT2D eigenvalue weighted by Crippen LogP contribution is 2.45. The van der Waals surface area contributed by atoms with Gasteiger partial charge in [-0.25, -0.2) is 0 Å². The number of rotatable bonds is 12. The third-order valence-corrected chi connectivity index (χ3v) is 6.20. The number of likely N-dealkylation sites (tertiary alicyclic amines) is 1. The average Bonchev–Trinajstić information content (AvgIpc) is 3.15. The third-order valence-electron chi connectivity index (χ3n) is 6.20. The van der Waals surface area contributed by atoms with E-state index in [1.807, 2.05) is 19.0 Å². The zero-order valence-corrected chi connectivity index (χ0v) is 22.4. The maximum Gasteiger partial charge on any atom is 0.295 e. The van der Waals surface area contributed by atoms with Crippen molar-refractivity contribution in [3.8, 4) is 23.0 Å². The second-order valence-corrected chi connectivity index (χ2v) is 8.98. The van der Waals surface area contributed by atoms with Crippen molar-refractivity contribution in [1.82, 2.24) is 9.80 Å². The summed E-state index contributed by atoms with van der Waals surface area (Å²) >= 11 is 0. The summed E-state index contributed by atoms with van der Waals surface area (Å²) in [4.78, 5) is 30.0. The van der Waals surface area contributed by atoms with Gasteiger partial charge in [0.05, 0.1) is 39.6 Å². The zero-order chi connectivity index (χ0) is 27.1. The Kier molecular flexibility index (Phi) is 9.41. The number of unbranched alkanes of at least 4 members (excludes halogenated alkanes) is 1. The van der Waals surface area contributed by atoms with Crippen LogP contribution in [0.4, 0.5) is 0 Å². The van der Waals surface area contributed by atoms with Crippen LogP contribution in [0.5, 0.6) is 23.0 Å². The lowest BCUT2D eigenvalue weighted by Crippen LogP contribution is -2.35. The summed E-state index contributed by atoms with van der Waals surface area (Å²) in [6.45, 7) is 3.41. The minimum atomic E-state index is -0.863. The van der Waals surface area contributed by atoms with Crippen LogP contribution in [0.2, 0.25) is 0 Å². The van der Waals surface area contributed by atoms with Crippen molar-refractivity contribution in [2.45, 2.75) is 25.8 Å². The Morgan fingerprint density at radius 1 is 1.03 bits per heavy atom. The first-order valence-electron chi connectivity index (χ1n) is 12.2. The molecule has 1 saturated heterocycles. The lowest BCUT2D eigenvalue weighted by atomic mass is 9.94. The van der Waals surface area contributed by atoms with Crippen molar-refractivity contribution < 1.29 is 33.6 Å². The fourth-order valence-corrected chi connectivity index (χ4v) is 4.25. The average molecular weight is 513 g/mol. The Morgan fingerprint density at radius 3 is 2.27 bits per heavy atom. The molecule has 2 aromatic rings. The van der Waals surface area contributed by atoms with Gasteiger partial charge in [-0.3, -0.25) is 9.59 Å². The minimum Gasteiger partial charge on any atom is -0.507 e. The molecule has 1 amide bonds. The Balaban J connectivity index is 2.18. The van der Waals surface area contributed by atoms with E-state index >= 15 is 0 Å². The predicted octanol–water partition coefficient (Wildman–Crippen LogP) is 3.87. The van der Waals surface area contributed by atoms with Crippen LogP contribution >= 0.6 is 0 Å². The summed E-state index contributed by atoms with van der Waals surface area (Å²) in [5, 5.41) is 11.4. The molecule has 1 heterocycles. The minimum absolute atomic E-state index is 0.0104. The molecule has 1 N–H and O–H groups in total. The summed E-state index contributed by atoms with van der Waals surface area (Å²) in [6, 6.07) is 9.41. The summed E-state index contributed by atoms with van der Waals surface area (Å²) in [7, 11) is 8.26. The Morgan fingerprint density at radius 2 is 1.70 bits per heavy atom. The highest BCUT2D eigenvalue weighted by atomic mass is 16.5. The van der Waals surface area contributed by atoms with E-state index in [-0.39, 0.29) is 17.9 Å². The summed E-state index contributed by atoms with van der Waals surface area (Å²) in [5.41, 5.74) is 0.921. The molecule has 0 aromatic heterocycles. The fraction of sp³-hybridized carbons (Fsp3) is 0.429. The maximum absolute atomic E-state index is 13.3. The van der Waals surface area contributed by atoms with Gasteiger partial charge >= 0.3 is 0 Å². The quantitative estimate of drug-likeness (QED) is 0.198. The molecule has 3 rings (SSSR count). The van der Waals surface area contributed by atoms with Gasteiger partial charge in [0.1, 0.15) is 11.5 Å². The molecule has 1 unspecified atom stereocenters. The van der Waals surface area contributed by atoms with Crippen molar-refractivity contribution in [1.29, 1.82) is 0 Å². The second kappa shape index (κ2) is 12.5. The molecule has 1 aliphatic heterocycles. The van der Waals surface area contributed by atoms with Crippen LogP contribution in [0.15, 0.2) is 42.0 Å². The highest BCUT2D eigenvalue weighted by molar-refractivity contribution is 6.46. The van der Waals surface area contributed by atoms with Gasteiger partial charge in [-0.05, 0) is 50.3 Å². The lowest BCUT2D eigenvalue weighted by molar-refractivity contribution is -0.140. The van der Waals surface area contributed by atoms with Gasteiger partial charge in [0.15, 0.2) is 11.5 Å². The number of aliphatic hydroxyl groups excluding tert-OH is 1. The Hall–Kier alpha value is -3.72. The molecule has 2 aromatic carbocycles. The largest absolute Gasteiger partial charge is 0.507 e. The van der Waals surface area contributed by atoms with E-state index in [4.69, 9.17) is 18.9 Å². The van der Waals surface area contributed by atoms with Crippen LogP contribution in [0.3, 0.4) is 0 Å². The molecular weight excluding hydrogens is 476 g/mol. The molecule has 1 atom stereocenters. The van der Waals surface area contributed by atoms with Gasteiger partial charge in [0.25, 0.3) is 11.7 Å². The number of likely N-dealkylation sites (N-methyl/N-ethyl adjacent to an activating group) is 1. The maximum atomic E-state index is 13.3. The number of carbonyl (C=O) groups excluding carboxylic acids is 2. The normalized spacial score (nSPS) is 16.8. The number of methoxy groups -OCH3 is 3. The van der Waals surface area contributed by atoms with Crippen LogP contribution in [-0.4, -0.2) is 81.7 Å². The number of Topliss-reactive ketones (excluding diaryl/α,β-unsaturated/α-hetero) is 1. The van der Waals surface area contributed by atoms with Crippen molar-refractivity contribution in [3.05, 3.63) is 53.1 Å². The Bertz CT molecular complexity index is 1130. The number of carbonyl (C=O) groups is 2. The van der Waals surface area contributed by atoms with Crippen molar-refractivity contribution in [2.75, 3.05) is 55.1 Å².